The number of nitrogens with one attached hydrogen (secondary N) is 1. The van der Waals surface area contributed by atoms with E-state index in [2.05, 4.69) is 5.32 Å². The van der Waals surface area contributed by atoms with Crippen molar-refractivity contribution in [3.63, 3.8) is 0 Å². The van der Waals surface area contributed by atoms with Crippen LogP contribution >= 0.6 is 0 Å². The SMILES string of the molecule is CCC(C(=O)NC)N(Cc1ccccc1)C(=O)CCCN(c1ccc2c(c1)OCCO2)S(C)(=O)=O. The minimum atomic E-state index is -3.60. The summed E-state index contributed by atoms with van der Waals surface area (Å²) in [6, 6.07) is 13.8. The van der Waals surface area contributed by atoms with E-state index in [9.17, 15) is 18.0 Å². The summed E-state index contributed by atoms with van der Waals surface area (Å²) in [5.41, 5.74) is 1.36. The molecule has 0 saturated heterocycles. The third-order valence-electron chi connectivity index (χ3n) is 5.79. The molecule has 0 fully saturated rings. The van der Waals surface area contributed by atoms with Crippen LogP contribution in [0.3, 0.4) is 0 Å². The topological polar surface area (TPSA) is 105 Å². The van der Waals surface area contributed by atoms with Gasteiger partial charge in [-0.15, -0.1) is 0 Å². The lowest BCUT2D eigenvalue weighted by atomic mass is 10.1. The van der Waals surface area contributed by atoms with Crippen LogP contribution in [-0.4, -0.2) is 64.2 Å². The first-order valence-electron chi connectivity index (χ1n) is 11.7. The van der Waals surface area contributed by atoms with Crippen LogP contribution < -0.4 is 19.1 Å². The van der Waals surface area contributed by atoms with E-state index in [4.69, 9.17) is 9.47 Å². The lowest BCUT2D eigenvalue weighted by Gasteiger charge is -2.31. The normalized spacial score (nSPS) is 13.6. The number of rotatable bonds is 11. The van der Waals surface area contributed by atoms with E-state index in [0.717, 1.165) is 11.8 Å². The minimum absolute atomic E-state index is 0.0941. The quantitative estimate of drug-likeness (QED) is 0.505. The number of anilines is 1. The van der Waals surface area contributed by atoms with Gasteiger partial charge in [0.1, 0.15) is 19.3 Å². The van der Waals surface area contributed by atoms with Crippen LogP contribution in [0.2, 0.25) is 0 Å². The van der Waals surface area contributed by atoms with Crippen molar-refractivity contribution in [1.82, 2.24) is 10.2 Å². The third kappa shape index (κ3) is 6.88. The summed E-state index contributed by atoms with van der Waals surface area (Å²) in [7, 11) is -2.05. The van der Waals surface area contributed by atoms with Crippen LogP contribution in [0.1, 0.15) is 31.7 Å². The van der Waals surface area contributed by atoms with Crippen LogP contribution in [0, 0.1) is 0 Å². The zero-order chi connectivity index (χ0) is 25.4. The number of carbonyl (C=O) groups is 2. The summed E-state index contributed by atoms with van der Waals surface area (Å²) < 4.78 is 37.4. The van der Waals surface area contributed by atoms with E-state index in [0.29, 0.717) is 43.4 Å². The first kappa shape index (κ1) is 26.3. The van der Waals surface area contributed by atoms with Gasteiger partial charge in [-0.2, -0.15) is 0 Å². The molecule has 2 aromatic carbocycles. The average Bonchev–Trinajstić information content (AvgIpc) is 2.85. The molecule has 10 heteroatoms. The molecule has 1 heterocycles. The number of carbonyl (C=O) groups excluding carboxylic acids is 2. The van der Waals surface area contributed by atoms with Gasteiger partial charge in [0.2, 0.25) is 21.8 Å². The Morgan fingerprint density at radius 1 is 1.06 bits per heavy atom. The average molecular weight is 504 g/mol. The number of amides is 2. The van der Waals surface area contributed by atoms with Crippen LogP contribution in [0.4, 0.5) is 5.69 Å². The highest BCUT2D eigenvalue weighted by Crippen LogP contribution is 2.34. The number of likely N-dealkylation sites (N-methyl/N-ethyl adjacent to an activating group) is 1. The number of nitrogens with zero attached hydrogens (tertiary/aromatic N) is 2. The van der Waals surface area contributed by atoms with Crippen molar-refractivity contribution in [2.24, 2.45) is 0 Å². The molecule has 2 aromatic rings. The smallest absolute Gasteiger partial charge is 0.242 e. The highest BCUT2D eigenvalue weighted by Gasteiger charge is 2.28. The van der Waals surface area contributed by atoms with Crippen LogP contribution in [0.25, 0.3) is 0 Å². The third-order valence-corrected chi connectivity index (χ3v) is 6.99. The summed E-state index contributed by atoms with van der Waals surface area (Å²) in [4.78, 5) is 27.3. The van der Waals surface area contributed by atoms with Gasteiger partial charge in [0, 0.05) is 32.6 Å². The molecule has 0 aliphatic carbocycles. The van der Waals surface area contributed by atoms with Crippen molar-refractivity contribution in [2.45, 2.75) is 38.8 Å². The highest BCUT2D eigenvalue weighted by molar-refractivity contribution is 7.92. The largest absolute Gasteiger partial charge is 0.486 e. The van der Waals surface area contributed by atoms with Gasteiger partial charge >= 0.3 is 0 Å². The summed E-state index contributed by atoms with van der Waals surface area (Å²) >= 11 is 0. The first-order chi connectivity index (χ1) is 16.7. The van der Waals surface area contributed by atoms with E-state index in [1.54, 1.807) is 30.1 Å². The second kappa shape index (κ2) is 11.9. The molecule has 0 bridgehead atoms. The zero-order valence-electron chi connectivity index (χ0n) is 20.4. The molecule has 3 rings (SSSR count). The maximum absolute atomic E-state index is 13.3. The lowest BCUT2D eigenvalue weighted by molar-refractivity contribution is -0.141. The number of hydrogen-bond donors (Lipinski definition) is 1. The standard InChI is InChI=1S/C25H33N3O6S/c1-4-21(25(30)26-2)27(18-19-9-6-5-7-10-19)24(29)11-8-14-28(35(3,31)32)20-12-13-22-23(17-20)34-16-15-33-22/h5-7,9-10,12-13,17,21H,4,8,11,14-16,18H2,1-3H3,(H,26,30). The lowest BCUT2D eigenvalue weighted by Crippen LogP contribution is -2.48. The Kier molecular flexibility index (Phi) is 8.97. The van der Waals surface area contributed by atoms with Crippen molar-refractivity contribution < 1.29 is 27.5 Å². The Hall–Kier alpha value is -3.27. The number of ether oxygens (including phenoxy) is 2. The predicted octanol–water partition coefficient (Wildman–Crippen LogP) is 2.56. The number of fused-ring (bicyclic) bond motifs is 1. The predicted molar refractivity (Wildman–Crippen MR) is 134 cm³/mol. The molecule has 0 radical (unpaired) electrons. The molecule has 0 aromatic heterocycles. The maximum Gasteiger partial charge on any atom is 0.242 e. The molecule has 0 saturated carbocycles. The summed E-state index contributed by atoms with van der Waals surface area (Å²) in [6.07, 6.45) is 1.98. The number of sulfonamides is 1. The Bertz CT molecular complexity index is 1120. The van der Waals surface area contributed by atoms with Crippen molar-refractivity contribution in [3.05, 3.63) is 54.1 Å². The van der Waals surface area contributed by atoms with Gasteiger partial charge in [-0.05, 0) is 30.5 Å². The zero-order valence-corrected chi connectivity index (χ0v) is 21.2. The van der Waals surface area contributed by atoms with Gasteiger partial charge in [0.15, 0.2) is 11.5 Å². The fraction of sp³-hybridized carbons (Fsp3) is 0.440. The van der Waals surface area contributed by atoms with Gasteiger partial charge in [0.05, 0.1) is 11.9 Å². The molecule has 0 spiro atoms. The van der Waals surface area contributed by atoms with Gasteiger partial charge in [-0.25, -0.2) is 8.42 Å². The van der Waals surface area contributed by atoms with Crippen LogP contribution in [0.5, 0.6) is 11.5 Å². The number of benzene rings is 2. The molecule has 2 amide bonds. The van der Waals surface area contributed by atoms with Crippen LogP contribution in [-0.2, 0) is 26.2 Å². The highest BCUT2D eigenvalue weighted by atomic mass is 32.2. The molecule has 1 unspecified atom stereocenters. The Labute approximate surface area is 207 Å². The van der Waals surface area contributed by atoms with Crippen molar-refractivity contribution in [2.75, 3.05) is 37.4 Å². The van der Waals surface area contributed by atoms with E-state index in [-0.39, 0.29) is 31.2 Å². The second-order valence-corrected chi connectivity index (χ2v) is 10.2. The maximum atomic E-state index is 13.3. The minimum Gasteiger partial charge on any atom is -0.486 e. The van der Waals surface area contributed by atoms with E-state index in [1.165, 1.54) is 4.31 Å². The molecule has 35 heavy (non-hydrogen) atoms. The first-order valence-corrected chi connectivity index (χ1v) is 13.5. The fourth-order valence-corrected chi connectivity index (χ4v) is 5.01. The monoisotopic (exact) mass is 503 g/mol. The van der Waals surface area contributed by atoms with E-state index < -0.39 is 16.1 Å². The second-order valence-electron chi connectivity index (χ2n) is 8.31. The van der Waals surface area contributed by atoms with E-state index >= 15 is 0 Å². The number of hydrogen-bond acceptors (Lipinski definition) is 6. The van der Waals surface area contributed by atoms with Gasteiger partial charge in [0.25, 0.3) is 0 Å². The molecular weight excluding hydrogens is 470 g/mol. The molecule has 1 N–H and O–H groups in total. The summed E-state index contributed by atoms with van der Waals surface area (Å²) in [6.45, 7) is 3.10. The van der Waals surface area contributed by atoms with Gasteiger partial charge in [-0.1, -0.05) is 37.3 Å². The van der Waals surface area contributed by atoms with Gasteiger partial charge < -0.3 is 19.7 Å². The molecule has 190 valence electrons. The van der Waals surface area contributed by atoms with Gasteiger partial charge in [-0.3, -0.25) is 13.9 Å². The molecule has 1 atom stereocenters. The molecule has 1 aliphatic heterocycles. The molecule has 9 nitrogen and oxygen atoms in total. The van der Waals surface area contributed by atoms with Crippen LogP contribution in [0.15, 0.2) is 48.5 Å². The summed E-state index contributed by atoms with van der Waals surface area (Å²) in [5.74, 6) is 0.620. The fourth-order valence-electron chi connectivity index (χ4n) is 4.06. The summed E-state index contributed by atoms with van der Waals surface area (Å²) in [5, 5.41) is 2.64. The molecule has 1 aliphatic rings. The van der Waals surface area contributed by atoms with Crippen molar-refractivity contribution >= 4 is 27.5 Å². The molecular formula is C25H33N3O6S. The Morgan fingerprint density at radius 2 is 1.74 bits per heavy atom. The Morgan fingerprint density at radius 3 is 2.37 bits per heavy atom. The van der Waals surface area contributed by atoms with Crippen molar-refractivity contribution in [1.29, 1.82) is 0 Å². The Balaban J connectivity index is 1.74. The van der Waals surface area contributed by atoms with Crippen molar-refractivity contribution in [3.8, 4) is 11.5 Å². The van der Waals surface area contributed by atoms with E-state index in [1.807, 2.05) is 37.3 Å².